The third-order valence-corrected chi connectivity index (χ3v) is 1.93. The van der Waals surface area contributed by atoms with E-state index in [1.54, 1.807) is 12.1 Å². The third kappa shape index (κ3) is 1.78. The van der Waals surface area contributed by atoms with E-state index < -0.39 is 11.5 Å². The second-order valence-electron chi connectivity index (χ2n) is 3.17. The zero-order valence-corrected chi connectivity index (χ0v) is 7.28. The molecule has 0 radical (unpaired) electrons. The van der Waals surface area contributed by atoms with Crippen LogP contribution >= 0.6 is 0 Å². The Morgan fingerprint density at radius 3 is 2.69 bits per heavy atom. The van der Waals surface area contributed by atoms with Gasteiger partial charge in [-0.15, -0.1) is 0 Å². The van der Waals surface area contributed by atoms with E-state index in [0.717, 1.165) is 0 Å². The molecule has 4 heteroatoms. The number of aliphatic carboxylic acids is 1. The SMILES string of the molecule is C[C@@]([NH3+])(C(=O)[O-])c1cccc(O)c1. The van der Waals surface area contributed by atoms with Gasteiger partial charge < -0.3 is 20.7 Å². The molecule has 1 aromatic rings. The van der Waals surface area contributed by atoms with Gasteiger partial charge in [-0.25, -0.2) is 0 Å². The predicted molar refractivity (Wildman–Crippen MR) is 43.4 cm³/mol. The van der Waals surface area contributed by atoms with Crippen molar-refractivity contribution in [3.63, 3.8) is 0 Å². The van der Waals surface area contributed by atoms with Gasteiger partial charge in [0.05, 0.1) is 0 Å². The minimum absolute atomic E-state index is 0.0219. The average molecular weight is 181 g/mol. The van der Waals surface area contributed by atoms with Crippen LogP contribution in [0.1, 0.15) is 12.5 Å². The Bertz CT molecular complexity index is 333. The van der Waals surface area contributed by atoms with Crippen LogP contribution in [-0.4, -0.2) is 11.1 Å². The Hall–Kier alpha value is -1.55. The van der Waals surface area contributed by atoms with Crippen LogP contribution in [0.15, 0.2) is 24.3 Å². The molecule has 4 nitrogen and oxygen atoms in total. The van der Waals surface area contributed by atoms with E-state index in [-0.39, 0.29) is 5.75 Å². The number of benzene rings is 1. The van der Waals surface area contributed by atoms with Gasteiger partial charge in [-0.1, -0.05) is 12.1 Å². The highest BCUT2D eigenvalue weighted by Gasteiger charge is 2.27. The second kappa shape index (κ2) is 3.06. The summed E-state index contributed by atoms with van der Waals surface area (Å²) in [5.74, 6) is -1.24. The molecule has 0 aliphatic heterocycles. The van der Waals surface area contributed by atoms with Gasteiger partial charge in [0.25, 0.3) is 0 Å². The van der Waals surface area contributed by atoms with E-state index in [2.05, 4.69) is 5.73 Å². The minimum atomic E-state index is -1.32. The van der Waals surface area contributed by atoms with Gasteiger partial charge in [-0.2, -0.15) is 0 Å². The number of aromatic hydroxyl groups is 1. The van der Waals surface area contributed by atoms with Crippen molar-refractivity contribution in [1.29, 1.82) is 0 Å². The van der Waals surface area contributed by atoms with E-state index in [4.69, 9.17) is 5.11 Å². The maximum atomic E-state index is 10.7. The molecule has 0 saturated carbocycles. The summed E-state index contributed by atoms with van der Waals surface area (Å²) in [6.07, 6.45) is 0. The molecule has 4 N–H and O–H groups in total. The predicted octanol–water partition coefficient (Wildman–Crippen LogP) is -1.40. The van der Waals surface area contributed by atoms with E-state index in [1.165, 1.54) is 19.1 Å². The van der Waals surface area contributed by atoms with Gasteiger partial charge in [0.15, 0.2) is 5.54 Å². The number of hydrogen-bond acceptors (Lipinski definition) is 3. The zero-order chi connectivity index (χ0) is 10.1. The fourth-order valence-corrected chi connectivity index (χ4v) is 0.967. The molecule has 1 atom stereocenters. The fourth-order valence-electron chi connectivity index (χ4n) is 0.967. The number of rotatable bonds is 2. The number of phenols is 1. The molecular weight excluding hydrogens is 170 g/mol. The van der Waals surface area contributed by atoms with Crippen molar-refractivity contribution in [3.8, 4) is 5.75 Å². The van der Waals surface area contributed by atoms with Crippen LogP contribution in [0.2, 0.25) is 0 Å². The van der Waals surface area contributed by atoms with Gasteiger partial charge in [0.2, 0.25) is 0 Å². The molecule has 0 spiro atoms. The lowest BCUT2D eigenvalue weighted by Crippen LogP contribution is -2.75. The maximum Gasteiger partial charge on any atom is 0.157 e. The van der Waals surface area contributed by atoms with Crippen LogP contribution in [0.4, 0.5) is 0 Å². The lowest BCUT2D eigenvalue weighted by atomic mass is 9.93. The molecular formula is C9H11NO3. The molecule has 0 fully saturated rings. The highest BCUT2D eigenvalue weighted by molar-refractivity contribution is 5.76. The molecule has 0 unspecified atom stereocenters. The Morgan fingerprint density at radius 2 is 2.23 bits per heavy atom. The molecule has 0 aliphatic carbocycles. The summed E-state index contributed by atoms with van der Waals surface area (Å²) in [7, 11) is 0. The van der Waals surface area contributed by atoms with Crippen LogP contribution < -0.4 is 10.8 Å². The molecule has 0 aromatic heterocycles. The lowest BCUT2D eigenvalue weighted by molar-refractivity contribution is -0.489. The highest BCUT2D eigenvalue weighted by Crippen LogP contribution is 2.19. The van der Waals surface area contributed by atoms with Crippen molar-refractivity contribution in [1.82, 2.24) is 0 Å². The zero-order valence-electron chi connectivity index (χ0n) is 7.28. The highest BCUT2D eigenvalue weighted by atomic mass is 16.4. The first-order valence-electron chi connectivity index (χ1n) is 3.81. The number of quaternary nitrogens is 1. The Kier molecular flexibility index (Phi) is 2.25. The largest absolute Gasteiger partial charge is 0.543 e. The van der Waals surface area contributed by atoms with Crippen LogP contribution in [-0.2, 0) is 10.3 Å². The Balaban J connectivity index is 3.14. The first-order valence-corrected chi connectivity index (χ1v) is 3.81. The van der Waals surface area contributed by atoms with Crippen LogP contribution in [0.5, 0.6) is 5.75 Å². The molecule has 1 aromatic carbocycles. The summed E-state index contributed by atoms with van der Waals surface area (Å²) in [4.78, 5) is 10.7. The van der Waals surface area contributed by atoms with Crippen LogP contribution in [0, 0.1) is 0 Å². The standard InChI is InChI=1S/C9H11NO3/c1-9(10,8(12)13)6-3-2-4-7(11)5-6/h2-5,11H,10H2,1H3,(H,12,13)/t9-/m0/s1. The maximum absolute atomic E-state index is 10.7. The van der Waals surface area contributed by atoms with Crippen LogP contribution in [0.3, 0.4) is 0 Å². The van der Waals surface area contributed by atoms with Crippen molar-refractivity contribution >= 4 is 5.97 Å². The fraction of sp³-hybridized carbons (Fsp3) is 0.222. The normalized spacial score (nSPS) is 14.9. The van der Waals surface area contributed by atoms with Gasteiger partial charge in [-0.3, -0.25) is 0 Å². The lowest BCUT2D eigenvalue weighted by Gasteiger charge is -2.22. The number of hydrogen-bond donors (Lipinski definition) is 2. The van der Waals surface area contributed by atoms with Crippen molar-refractivity contribution in [2.45, 2.75) is 12.5 Å². The Labute approximate surface area is 75.6 Å². The third-order valence-electron chi connectivity index (χ3n) is 1.93. The van der Waals surface area contributed by atoms with Crippen LogP contribution in [0.25, 0.3) is 0 Å². The summed E-state index contributed by atoms with van der Waals surface area (Å²) in [5.41, 5.74) is 2.61. The average Bonchev–Trinajstić information content (AvgIpc) is 2.04. The number of carboxylic acids is 1. The molecule has 0 heterocycles. The molecule has 0 bridgehead atoms. The molecule has 0 saturated heterocycles. The van der Waals surface area contributed by atoms with Crippen molar-refractivity contribution in [2.24, 2.45) is 0 Å². The van der Waals surface area contributed by atoms with Gasteiger partial charge >= 0.3 is 0 Å². The van der Waals surface area contributed by atoms with Crippen molar-refractivity contribution in [2.75, 3.05) is 0 Å². The summed E-state index contributed by atoms with van der Waals surface area (Å²) < 4.78 is 0. The summed E-state index contributed by atoms with van der Waals surface area (Å²) in [6, 6.07) is 5.98. The second-order valence-corrected chi connectivity index (χ2v) is 3.17. The minimum Gasteiger partial charge on any atom is -0.543 e. The smallest absolute Gasteiger partial charge is 0.157 e. The first-order chi connectivity index (χ1) is 5.94. The van der Waals surface area contributed by atoms with Gasteiger partial charge in [0.1, 0.15) is 11.7 Å². The molecule has 1 rings (SSSR count). The summed E-state index contributed by atoms with van der Waals surface area (Å²) in [6.45, 7) is 1.43. The topological polar surface area (TPSA) is 88.0 Å². The van der Waals surface area contributed by atoms with E-state index >= 15 is 0 Å². The quantitative estimate of drug-likeness (QED) is 0.588. The van der Waals surface area contributed by atoms with E-state index in [0.29, 0.717) is 5.56 Å². The number of carbonyl (C=O) groups is 1. The van der Waals surface area contributed by atoms with Crippen molar-refractivity contribution in [3.05, 3.63) is 29.8 Å². The summed E-state index contributed by atoms with van der Waals surface area (Å²) in [5, 5.41) is 19.8. The number of carboxylic acid groups (broad SMARTS) is 1. The van der Waals surface area contributed by atoms with E-state index in [9.17, 15) is 9.90 Å². The molecule has 70 valence electrons. The monoisotopic (exact) mass is 181 g/mol. The van der Waals surface area contributed by atoms with E-state index in [1.807, 2.05) is 0 Å². The number of carbonyl (C=O) groups excluding carboxylic acids is 1. The summed E-state index contributed by atoms with van der Waals surface area (Å²) >= 11 is 0. The molecule has 0 aliphatic rings. The molecule has 0 amide bonds. The van der Waals surface area contributed by atoms with Crippen molar-refractivity contribution < 1.29 is 20.7 Å². The Morgan fingerprint density at radius 1 is 1.62 bits per heavy atom. The van der Waals surface area contributed by atoms with Gasteiger partial charge in [-0.05, 0) is 12.1 Å². The number of phenolic OH excluding ortho intramolecular Hbond substituents is 1. The first kappa shape index (κ1) is 9.54. The van der Waals surface area contributed by atoms with Gasteiger partial charge in [0, 0.05) is 12.5 Å². The molecule has 13 heavy (non-hydrogen) atoms.